The lowest BCUT2D eigenvalue weighted by Crippen LogP contribution is -2.29. The lowest BCUT2D eigenvalue weighted by molar-refractivity contribution is 0.0926. The number of aromatic nitrogens is 1. The van der Waals surface area contributed by atoms with Crippen LogP contribution in [-0.2, 0) is 0 Å². The van der Waals surface area contributed by atoms with Crippen LogP contribution < -0.4 is 4.90 Å². The maximum absolute atomic E-state index is 14.2. The maximum atomic E-state index is 14.2. The Hall–Kier alpha value is -6.25. The predicted molar refractivity (Wildman–Crippen MR) is 179 cm³/mol. The number of nitriles is 1. The van der Waals surface area contributed by atoms with E-state index in [-0.39, 0.29) is 11.8 Å². The van der Waals surface area contributed by atoms with Crippen molar-refractivity contribution in [3.05, 3.63) is 156 Å². The van der Waals surface area contributed by atoms with Crippen LogP contribution in [0.25, 0.3) is 49.7 Å². The molecule has 1 aliphatic heterocycles. The van der Waals surface area contributed by atoms with Crippen LogP contribution in [0.1, 0.15) is 31.8 Å². The quantitative estimate of drug-likeness (QED) is 0.195. The summed E-state index contributed by atoms with van der Waals surface area (Å²) in [5, 5.41) is 11.5. The SMILES string of the molecule is Cc1cc(C#N)ccc1-c1cccc2c1c1ccccc1n2-c1cccc2c1C(=O)N(c1ccc(-c3ccccc3)cc1)C2=O. The molecule has 0 spiro atoms. The number of anilines is 1. The van der Waals surface area contributed by atoms with Crippen molar-refractivity contribution in [2.45, 2.75) is 6.92 Å². The highest BCUT2D eigenvalue weighted by Gasteiger charge is 2.39. The molecule has 0 fully saturated rings. The van der Waals surface area contributed by atoms with E-state index in [1.807, 2.05) is 116 Å². The zero-order chi connectivity index (χ0) is 30.7. The van der Waals surface area contributed by atoms with Crippen LogP contribution >= 0.6 is 0 Å². The largest absolute Gasteiger partial charge is 0.308 e. The topological polar surface area (TPSA) is 66.1 Å². The molecule has 0 bridgehead atoms. The summed E-state index contributed by atoms with van der Waals surface area (Å²) in [4.78, 5) is 29.3. The molecule has 45 heavy (non-hydrogen) atoms. The Balaban J connectivity index is 1.30. The van der Waals surface area contributed by atoms with Crippen molar-refractivity contribution in [1.29, 1.82) is 5.26 Å². The van der Waals surface area contributed by atoms with Crippen LogP contribution in [0.5, 0.6) is 0 Å². The monoisotopic (exact) mass is 579 g/mol. The molecule has 6 aromatic carbocycles. The van der Waals surface area contributed by atoms with Gasteiger partial charge in [0, 0.05) is 10.8 Å². The van der Waals surface area contributed by atoms with E-state index in [1.54, 1.807) is 6.07 Å². The number of carbonyl (C=O) groups is 2. The fourth-order valence-electron chi connectivity index (χ4n) is 6.66. The summed E-state index contributed by atoms with van der Waals surface area (Å²) < 4.78 is 2.10. The second-order valence-corrected chi connectivity index (χ2v) is 11.3. The maximum Gasteiger partial charge on any atom is 0.268 e. The number of para-hydroxylation sites is 1. The van der Waals surface area contributed by atoms with Crippen LogP contribution in [0.2, 0.25) is 0 Å². The molecule has 2 amide bonds. The van der Waals surface area contributed by atoms with Crippen molar-refractivity contribution in [3.8, 4) is 34.0 Å². The summed E-state index contributed by atoms with van der Waals surface area (Å²) in [6.07, 6.45) is 0. The van der Waals surface area contributed by atoms with Gasteiger partial charge in [0.2, 0.25) is 0 Å². The highest BCUT2D eigenvalue weighted by Crippen LogP contribution is 2.42. The Bertz CT molecular complexity index is 2380. The van der Waals surface area contributed by atoms with Gasteiger partial charge in [-0.3, -0.25) is 9.59 Å². The van der Waals surface area contributed by atoms with Gasteiger partial charge in [0.1, 0.15) is 0 Å². The van der Waals surface area contributed by atoms with Gasteiger partial charge in [-0.25, -0.2) is 4.90 Å². The average Bonchev–Trinajstić information content (AvgIpc) is 3.56. The molecule has 1 aliphatic rings. The lowest BCUT2D eigenvalue weighted by atomic mass is 9.95. The number of aryl methyl sites for hydroxylation is 1. The number of rotatable bonds is 4. The third kappa shape index (κ3) is 4.01. The van der Waals surface area contributed by atoms with Crippen molar-refractivity contribution in [2.75, 3.05) is 4.90 Å². The Morgan fingerprint density at radius 3 is 2.07 bits per heavy atom. The van der Waals surface area contributed by atoms with Crippen LogP contribution in [0.3, 0.4) is 0 Å². The number of amides is 2. The number of benzene rings is 6. The molecule has 5 nitrogen and oxygen atoms in total. The van der Waals surface area contributed by atoms with E-state index in [0.717, 1.165) is 49.6 Å². The van der Waals surface area contributed by atoms with Crippen molar-refractivity contribution >= 4 is 39.3 Å². The molecule has 0 aliphatic carbocycles. The molecule has 0 saturated heterocycles. The highest BCUT2D eigenvalue weighted by atomic mass is 16.2. The van der Waals surface area contributed by atoms with E-state index in [0.29, 0.717) is 28.1 Å². The van der Waals surface area contributed by atoms with Gasteiger partial charge in [-0.15, -0.1) is 0 Å². The lowest BCUT2D eigenvalue weighted by Gasteiger charge is -2.15. The normalized spacial score (nSPS) is 12.6. The van der Waals surface area contributed by atoms with Gasteiger partial charge in [0.25, 0.3) is 11.8 Å². The van der Waals surface area contributed by atoms with Crippen LogP contribution in [-0.4, -0.2) is 16.4 Å². The van der Waals surface area contributed by atoms with E-state index in [2.05, 4.69) is 28.8 Å². The molecule has 0 radical (unpaired) electrons. The van der Waals surface area contributed by atoms with E-state index in [4.69, 9.17) is 0 Å². The summed E-state index contributed by atoms with van der Waals surface area (Å²) in [5.41, 5.74) is 9.61. The van der Waals surface area contributed by atoms with Gasteiger partial charge in [0.05, 0.1) is 45.2 Å². The zero-order valence-corrected chi connectivity index (χ0v) is 24.4. The van der Waals surface area contributed by atoms with Gasteiger partial charge < -0.3 is 4.57 Å². The third-order valence-corrected chi connectivity index (χ3v) is 8.71. The number of nitrogens with zero attached hydrogens (tertiary/aromatic N) is 3. The van der Waals surface area contributed by atoms with Crippen molar-refractivity contribution in [3.63, 3.8) is 0 Å². The first-order valence-electron chi connectivity index (χ1n) is 14.8. The smallest absolute Gasteiger partial charge is 0.268 e. The summed E-state index contributed by atoms with van der Waals surface area (Å²) in [7, 11) is 0. The molecule has 212 valence electrons. The summed E-state index contributed by atoms with van der Waals surface area (Å²) in [5.74, 6) is -0.679. The Morgan fingerprint density at radius 1 is 0.600 bits per heavy atom. The molecule has 7 aromatic rings. The second kappa shape index (κ2) is 10.2. The van der Waals surface area contributed by atoms with E-state index in [1.165, 1.54) is 4.90 Å². The fourth-order valence-corrected chi connectivity index (χ4v) is 6.66. The van der Waals surface area contributed by atoms with Crippen molar-refractivity contribution in [2.24, 2.45) is 0 Å². The van der Waals surface area contributed by atoms with Crippen molar-refractivity contribution in [1.82, 2.24) is 4.57 Å². The Labute approximate surface area is 259 Å². The van der Waals surface area contributed by atoms with E-state index in [9.17, 15) is 14.9 Å². The highest BCUT2D eigenvalue weighted by molar-refractivity contribution is 6.36. The number of hydrogen-bond donors (Lipinski definition) is 0. The molecule has 0 saturated carbocycles. The Kier molecular flexibility index (Phi) is 5.97. The molecule has 1 aromatic heterocycles. The van der Waals surface area contributed by atoms with Crippen LogP contribution in [0.4, 0.5) is 5.69 Å². The fraction of sp³-hybridized carbons (Fsp3) is 0.0250. The number of hydrogen-bond acceptors (Lipinski definition) is 3. The molecule has 0 unspecified atom stereocenters. The van der Waals surface area contributed by atoms with Crippen molar-refractivity contribution < 1.29 is 9.59 Å². The molecule has 2 heterocycles. The second-order valence-electron chi connectivity index (χ2n) is 11.3. The molecular weight excluding hydrogens is 554 g/mol. The number of carbonyl (C=O) groups excluding carboxylic acids is 2. The minimum Gasteiger partial charge on any atom is -0.308 e. The number of fused-ring (bicyclic) bond motifs is 4. The molecule has 0 N–H and O–H groups in total. The molecule has 8 rings (SSSR count). The zero-order valence-electron chi connectivity index (χ0n) is 24.4. The minimum absolute atomic E-state index is 0.334. The van der Waals surface area contributed by atoms with Gasteiger partial charge >= 0.3 is 0 Å². The van der Waals surface area contributed by atoms with Gasteiger partial charge in [-0.05, 0) is 83.3 Å². The average molecular weight is 580 g/mol. The van der Waals surface area contributed by atoms with Crippen LogP contribution in [0.15, 0.2) is 133 Å². The standard InChI is InChI=1S/C40H25N3O2/c1-25-23-26(24-41)17-22-30(25)31-12-7-15-35-37(31)32-11-5-6-14-34(32)43(35)36-16-8-13-33-38(36)40(45)42(39(33)44)29-20-18-28(19-21-29)27-9-3-2-4-10-27/h2-23H,1H3. The number of imide groups is 1. The van der Waals surface area contributed by atoms with Gasteiger partial charge in [-0.1, -0.05) is 84.9 Å². The van der Waals surface area contributed by atoms with Gasteiger partial charge in [0.15, 0.2) is 0 Å². The Morgan fingerprint density at radius 2 is 1.29 bits per heavy atom. The van der Waals surface area contributed by atoms with Crippen LogP contribution in [0, 0.1) is 18.3 Å². The summed E-state index contributed by atoms with van der Waals surface area (Å²) >= 11 is 0. The predicted octanol–water partition coefficient (Wildman–Crippen LogP) is 9.10. The first-order chi connectivity index (χ1) is 22.0. The first kappa shape index (κ1) is 26.4. The van der Waals surface area contributed by atoms with E-state index < -0.39 is 0 Å². The molecule has 5 heteroatoms. The van der Waals surface area contributed by atoms with E-state index >= 15 is 0 Å². The summed E-state index contributed by atoms with van der Waals surface area (Å²) in [6.45, 7) is 2.02. The first-order valence-corrected chi connectivity index (χ1v) is 14.8. The summed E-state index contributed by atoms with van der Waals surface area (Å²) in [6, 6.07) is 45.3. The third-order valence-electron chi connectivity index (χ3n) is 8.71. The van der Waals surface area contributed by atoms with Gasteiger partial charge in [-0.2, -0.15) is 5.26 Å². The molecule has 0 atom stereocenters. The minimum atomic E-state index is -0.344. The molecular formula is C40H25N3O2.